The van der Waals surface area contributed by atoms with Gasteiger partial charge in [-0.25, -0.2) is 0 Å². The Hall–Kier alpha value is -1.18. The summed E-state index contributed by atoms with van der Waals surface area (Å²) >= 11 is 0. The van der Waals surface area contributed by atoms with Crippen molar-refractivity contribution in [2.75, 3.05) is 0 Å². The van der Waals surface area contributed by atoms with Gasteiger partial charge < -0.3 is 10.6 Å². The molecule has 2 rings (SSSR count). The van der Waals surface area contributed by atoms with Crippen LogP contribution in [0.15, 0.2) is 36.7 Å². The van der Waals surface area contributed by atoms with Crippen LogP contribution in [0.4, 0.5) is 0 Å². The molecule has 3 atom stereocenters. The second-order valence-electron chi connectivity index (χ2n) is 9.94. The number of unbranched alkanes of at least 4 members (excludes halogenated alkanes) is 1. The van der Waals surface area contributed by atoms with Crippen LogP contribution in [0, 0.1) is 17.8 Å². The molecule has 2 fully saturated rings. The summed E-state index contributed by atoms with van der Waals surface area (Å²) in [6, 6.07) is 0.923. The fraction of sp³-hybridized carbons (Fsp3) is 0.778. The van der Waals surface area contributed by atoms with Gasteiger partial charge in [-0.1, -0.05) is 96.1 Å². The lowest BCUT2D eigenvalue weighted by molar-refractivity contribution is 0.274. The van der Waals surface area contributed by atoms with E-state index < -0.39 is 0 Å². The minimum Gasteiger partial charge on any atom is -0.370 e. The molecule has 2 saturated carbocycles. The number of nitrogens with one attached hydrogen (secondary N) is 2. The molecule has 2 aliphatic rings. The van der Waals surface area contributed by atoms with Gasteiger partial charge in [-0.05, 0) is 56.8 Å². The van der Waals surface area contributed by atoms with Crippen LogP contribution in [0.5, 0.6) is 0 Å². The second kappa shape index (κ2) is 12.5. The van der Waals surface area contributed by atoms with Crippen molar-refractivity contribution in [3.05, 3.63) is 36.7 Å². The lowest BCUT2D eigenvalue weighted by Crippen LogP contribution is -2.45. The summed E-state index contributed by atoms with van der Waals surface area (Å²) in [4.78, 5) is 0. The normalized spacial score (nSPS) is 21.8. The van der Waals surface area contributed by atoms with Crippen molar-refractivity contribution in [1.82, 2.24) is 10.6 Å². The molecular formula is C27H48N2. The van der Waals surface area contributed by atoms with E-state index >= 15 is 0 Å². The van der Waals surface area contributed by atoms with Gasteiger partial charge in [-0.15, -0.1) is 0 Å². The molecule has 2 nitrogen and oxygen atoms in total. The van der Waals surface area contributed by atoms with E-state index in [0.717, 1.165) is 5.82 Å². The quantitative estimate of drug-likeness (QED) is 0.331. The Kier molecular flexibility index (Phi) is 10.4. The Morgan fingerprint density at radius 2 is 1.52 bits per heavy atom. The van der Waals surface area contributed by atoms with Crippen LogP contribution in [0.1, 0.15) is 104 Å². The Balaban J connectivity index is 2.07. The lowest BCUT2D eigenvalue weighted by atomic mass is 9.73. The highest BCUT2D eigenvalue weighted by Crippen LogP contribution is 2.36. The molecule has 0 spiro atoms. The number of hydrogen-bond donors (Lipinski definition) is 2. The molecule has 2 heteroatoms. The first-order valence-electron chi connectivity index (χ1n) is 12.5. The Morgan fingerprint density at radius 1 is 0.931 bits per heavy atom. The monoisotopic (exact) mass is 400 g/mol. The second-order valence-corrected chi connectivity index (χ2v) is 9.94. The summed E-state index contributed by atoms with van der Waals surface area (Å²) in [5, 5.41) is 7.53. The fourth-order valence-electron chi connectivity index (χ4n) is 5.59. The summed E-state index contributed by atoms with van der Waals surface area (Å²) in [5.74, 6) is 2.69. The maximum absolute atomic E-state index is 4.67. The standard InChI is InChI=1S/C27H48N2/c1-7-8-19-26(20(2)3)21(4)22(5)27(24-15-11-9-12-16-24)29-23(6)28-25-17-13-10-14-18-25/h21,24-29H,2,5-19H2,1,3-4H3. The van der Waals surface area contributed by atoms with Crippen LogP contribution < -0.4 is 10.6 Å². The summed E-state index contributed by atoms with van der Waals surface area (Å²) in [6.45, 7) is 20.2. The van der Waals surface area contributed by atoms with Crippen LogP contribution >= 0.6 is 0 Å². The highest BCUT2D eigenvalue weighted by molar-refractivity contribution is 5.19. The third-order valence-electron chi connectivity index (χ3n) is 7.52. The van der Waals surface area contributed by atoms with Gasteiger partial charge in [0, 0.05) is 6.04 Å². The van der Waals surface area contributed by atoms with E-state index in [2.05, 4.69) is 51.1 Å². The molecule has 0 heterocycles. The van der Waals surface area contributed by atoms with E-state index in [-0.39, 0.29) is 0 Å². The van der Waals surface area contributed by atoms with E-state index in [1.54, 1.807) is 0 Å². The van der Waals surface area contributed by atoms with Gasteiger partial charge in [0.05, 0.1) is 11.9 Å². The molecule has 0 amide bonds. The number of allylic oxidation sites excluding steroid dienone is 1. The molecule has 2 aliphatic carbocycles. The van der Waals surface area contributed by atoms with Gasteiger partial charge >= 0.3 is 0 Å². The van der Waals surface area contributed by atoms with Crippen molar-refractivity contribution in [2.45, 2.75) is 116 Å². The zero-order valence-electron chi connectivity index (χ0n) is 19.7. The van der Waals surface area contributed by atoms with Gasteiger partial charge in [-0.3, -0.25) is 0 Å². The van der Waals surface area contributed by atoms with Crippen LogP contribution in [0.2, 0.25) is 0 Å². The van der Waals surface area contributed by atoms with Gasteiger partial charge in [0.1, 0.15) is 0 Å². The topological polar surface area (TPSA) is 24.1 Å². The van der Waals surface area contributed by atoms with Gasteiger partial charge in [-0.2, -0.15) is 0 Å². The first kappa shape index (κ1) is 24.1. The SMILES string of the molecule is C=C(NC1CCCCC1)NC(C(=C)C(C)C(CCCC)C(=C)C)C1CCCCC1. The molecule has 0 aromatic heterocycles. The average Bonchev–Trinajstić information content (AvgIpc) is 2.72. The highest BCUT2D eigenvalue weighted by Gasteiger charge is 2.31. The van der Waals surface area contributed by atoms with Gasteiger partial charge in [0.25, 0.3) is 0 Å². The zero-order valence-corrected chi connectivity index (χ0v) is 19.7. The molecule has 0 radical (unpaired) electrons. The third kappa shape index (κ3) is 7.54. The Labute approximate surface area is 181 Å². The molecule has 0 saturated heterocycles. The van der Waals surface area contributed by atoms with E-state index in [1.165, 1.54) is 94.6 Å². The molecule has 0 aromatic carbocycles. The van der Waals surface area contributed by atoms with Crippen molar-refractivity contribution in [2.24, 2.45) is 17.8 Å². The Bertz CT molecular complexity index is 523. The molecule has 3 unspecified atom stereocenters. The van der Waals surface area contributed by atoms with Gasteiger partial charge in [0.2, 0.25) is 0 Å². The average molecular weight is 401 g/mol. The Morgan fingerprint density at radius 3 is 2.07 bits per heavy atom. The molecule has 0 aliphatic heterocycles. The van der Waals surface area contributed by atoms with E-state index in [9.17, 15) is 0 Å². The molecule has 29 heavy (non-hydrogen) atoms. The first-order valence-corrected chi connectivity index (χ1v) is 12.5. The number of rotatable bonds is 12. The van der Waals surface area contributed by atoms with Crippen LogP contribution in [-0.4, -0.2) is 12.1 Å². The molecule has 0 aromatic rings. The minimum atomic E-state index is 0.331. The molecule has 166 valence electrons. The van der Waals surface area contributed by atoms with Gasteiger partial charge in [0.15, 0.2) is 0 Å². The van der Waals surface area contributed by atoms with Crippen molar-refractivity contribution >= 4 is 0 Å². The highest BCUT2D eigenvalue weighted by atomic mass is 15.1. The summed E-state index contributed by atoms with van der Waals surface area (Å²) in [5.41, 5.74) is 2.68. The largest absolute Gasteiger partial charge is 0.370 e. The van der Waals surface area contributed by atoms with E-state index in [1.807, 2.05) is 0 Å². The minimum absolute atomic E-state index is 0.331. The predicted octanol–water partition coefficient (Wildman–Crippen LogP) is 7.49. The predicted molar refractivity (Wildman–Crippen MR) is 129 cm³/mol. The summed E-state index contributed by atoms with van der Waals surface area (Å²) < 4.78 is 0. The lowest BCUT2D eigenvalue weighted by Gasteiger charge is -2.38. The molecule has 2 N–H and O–H groups in total. The third-order valence-corrected chi connectivity index (χ3v) is 7.52. The number of hydrogen-bond acceptors (Lipinski definition) is 2. The summed E-state index contributed by atoms with van der Waals surface area (Å²) in [7, 11) is 0. The van der Waals surface area contributed by atoms with Crippen molar-refractivity contribution in [1.29, 1.82) is 0 Å². The van der Waals surface area contributed by atoms with Crippen LogP contribution in [0.3, 0.4) is 0 Å². The van der Waals surface area contributed by atoms with E-state index in [4.69, 9.17) is 0 Å². The van der Waals surface area contributed by atoms with Crippen LogP contribution in [-0.2, 0) is 0 Å². The maximum atomic E-state index is 4.67. The fourth-order valence-corrected chi connectivity index (χ4v) is 5.59. The van der Waals surface area contributed by atoms with Crippen molar-refractivity contribution in [3.63, 3.8) is 0 Å². The van der Waals surface area contributed by atoms with Crippen molar-refractivity contribution < 1.29 is 0 Å². The molecule has 0 bridgehead atoms. The first-order chi connectivity index (χ1) is 13.9. The summed E-state index contributed by atoms with van der Waals surface area (Å²) in [6.07, 6.45) is 17.1. The smallest absolute Gasteiger partial charge is 0.0919 e. The molecular weight excluding hydrogens is 352 g/mol. The van der Waals surface area contributed by atoms with Crippen molar-refractivity contribution in [3.8, 4) is 0 Å². The zero-order chi connectivity index (χ0) is 21.2. The van der Waals surface area contributed by atoms with E-state index in [0.29, 0.717) is 29.8 Å². The maximum Gasteiger partial charge on any atom is 0.0919 e. The van der Waals surface area contributed by atoms with Crippen LogP contribution in [0.25, 0.3) is 0 Å².